The lowest BCUT2D eigenvalue weighted by molar-refractivity contribution is 0.0364. The number of nitrogens with one attached hydrogen (secondary N) is 2. The fourth-order valence-electron chi connectivity index (χ4n) is 4.41. The number of hydrogen-bond donors (Lipinski definition) is 4. The molecule has 1 amide bonds. The number of carbonyl (C=O) groups is 1. The first-order valence-electron chi connectivity index (χ1n) is 11.7. The largest absolute Gasteiger partial charge is 0.504 e. The summed E-state index contributed by atoms with van der Waals surface area (Å²) in [5.74, 6) is -0.987. The van der Waals surface area contributed by atoms with E-state index in [1.54, 1.807) is 9.95 Å². The predicted octanol–water partition coefficient (Wildman–Crippen LogP) is 2.12. The highest BCUT2D eigenvalue weighted by Gasteiger charge is 2.20. The highest BCUT2D eigenvalue weighted by atomic mass is 32.1. The molecule has 12 nitrogen and oxygen atoms in total. The van der Waals surface area contributed by atoms with Crippen LogP contribution in [0.4, 0.5) is 5.95 Å². The molecule has 0 bridgehead atoms. The predicted molar refractivity (Wildman–Crippen MR) is 138 cm³/mol. The number of morpholine rings is 1. The Hall–Kier alpha value is -4.20. The van der Waals surface area contributed by atoms with Gasteiger partial charge in [-0.15, -0.1) is 11.3 Å². The zero-order valence-electron chi connectivity index (χ0n) is 19.5. The second-order valence-electron chi connectivity index (χ2n) is 8.63. The van der Waals surface area contributed by atoms with E-state index in [1.165, 1.54) is 28.0 Å². The van der Waals surface area contributed by atoms with Crippen LogP contribution in [0.2, 0.25) is 0 Å². The van der Waals surface area contributed by atoms with Crippen LogP contribution in [0.3, 0.4) is 0 Å². The molecule has 0 spiro atoms. The van der Waals surface area contributed by atoms with Gasteiger partial charge in [-0.25, -0.2) is 19.3 Å². The first-order chi connectivity index (χ1) is 18.0. The highest BCUT2D eigenvalue weighted by molar-refractivity contribution is 7.12. The summed E-state index contributed by atoms with van der Waals surface area (Å²) in [4.78, 5) is 40.1. The van der Waals surface area contributed by atoms with Gasteiger partial charge < -0.3 is 19.9 Å². The van der Waals surface area contributed by atoms with Crippen molar-refractivity contribution in [2.24, 2.45) is 0 Å². The molecule has 6 rings (SSSR count). The summed E-state index contributed by atoms with van der Waals surface area (Å²) < 4.78 is 8.68. The van der Waals surface area contributed by atoms with E-state index in [0.29, 0.717) is 41.4 Å². The van der Waals surface area contributed by atoms with Crippen molar-refractivity contribution in [3.8, 4) is 16.6 Å². The fraction of sp³-hybridized carbons (Fsp3) is 0.250. The number of imidazole rings is 2. The van der Waals surface area contributed by atoms with E-state index in [-0.39, 0.29) is 28.8 Å². The molecule has 1 fully saturated rings. The van der Waals surface area contributed by atoms with Gasteiger partial charge in [0.05, 0.1) is 35.3 Å². The van der Waals surface area contributed by atoms with Gasteiger partial charge in [0, 0.05) is 43.7 Å². The van der Waals surface area contributed by atoms with Gasteiger partial charge in [-0.05, 0) is 12.1 Å². The highest BCUT2D eigenvalue weighted by Crippen LogP contribution is 2.29. The Morgan fingerprint density at radius 1 is 1.08 bits per heavy atom. The first-order valence-corrected chi connectivity index (χ1v) is 12.6. The number of phenolic OH excluding ortho intramolecular Hbond substituents is 2. The van der Waals surface area contributed by atoms with Gasteiger partial charge in [0.2, 0.25) is 5.95 Å². The van der Waals surface area contributed by atoms with Crippen molar-refractivity contribution >= 4 is 45.3 Å². The maximum atomic E-state index is 13.5. The molecule has 3 aromatic heterocycles. The number of para-hydroxylation sites is 2. The number of hydrogen-bond acceptors (Lipinski definition) is 9. The van der Waals surface area contributed by atoms with Crippen LogP contribution in [0.5, 0.6) is 11.5 Å². The minimum atomic E-state index is -0.515. The third-order valence-electron chi connectivity index (χ3n) is 6.31. The molecule has 4 heterocycles. The van der Waals surface area contributed by atoms with Crippen molar-refractivity contribution in [1.82, 2.24) is 29.0 Å². The van der Waals surface area contributed by atoms with E-state index in [1.807, 2.05) is 24.3 Å². The Labute approximate surface area is 213 Å². The Morgan fingerprint density at radius 2 is 1.84 bits per heavy atom. The summed E-state index contributed by atoms with van der Waals surface area (Å²) in [6.45, 7) is 4.33. The number of carbonyl (C=O) groups excluding carboxylic acids is 1. The Bertz CT molecular complexity index is 1640. The number of anilines is 1. The molecule has 4 N–H and O–H groups in total. The van der Waals surface area contributed by atoms with Crippen LogP contribution in [0.1, 0.15) is 10.5 Å². The monoisotopic (exact) mass is 521 g/mol. The fourth-order valence-corrected chi connectivity index (χ4v) is 5.22. The molecule has 1 saturated heterocycles. The number of H-pyrrole nitrogens is 1. The number of amides is 1. The lowest BCUT2D eigenvalue weighted by Crippen LogP contribution is -2.39. The molecule has 1 aliphatic heterocycles. The quantitative estimate of drug-likeness (QED) is 0.248. The second-order valence-corrected chi connectivity index (χ2v) is 9.46. The van der Waals surface area contributed by atoms with Crippen LogP contribution in [-0.2, 0) is 11.3 Å². The van der Waals surface area contributed by atoms with Crippen molar-refractivity contribution < 1.29 is 19.7 Å². The van der Waals surface area contributed by atoms with Crippen LogP contribution in [0.15, 0.2) is 46.6 Å². The minimum absolute atomic E-state index is 0.128. The van der Waals surface area contributed by atoms with Gasteiger partial charge in [0.1, 0.15) is 5.69 Å². The molecule has 2 aromatic carbocycles. The number of fused-ring (bicyclic) bond motifs is 2. The number of aromatic amines is 1. The summed E-state index contributed by atoms with van der Waals surface area (Å²) in [5, 5.41) is 23.9. The van der Waals surface area contributed by atoms with Crippen molar-refractivity contribution in [2.75, 3.05) is 38.2 Å². The number of benzene rings is 2. The average Bonchev–Trinajstić information content (AvgIpc) is 3.59. The summed E-state index contributed by atoms with van der Waals surface area (Å²) in [6.07, 6.45) is 0. The van der Waals surface area contributed by atoms with E-state index in [4.69, 9.17) is 4.74 Å². The van der Waals surface area contributed by atoms with Crippen molar-refractivity contribution in [2.45, 2.75) is 6.54 Å². The van der Waals surface area contributed by atoms with Crippen LogP contribution in [0.25, 0.3) is 27.2 Å². The van der Waals surface area contributed by atoms with E-state index in [9.17, 15) is 19.8 Å². The number of rotatable bonds is 6. The molecule has 0 saturated carbocycles. The van der Waals surface area contributed by atoms with Gasteiger partial charge in [0.15, 0.2) is 16.6 Å². The van der Waals surface area contributed by atoms with Gasteiger partial charge in [-0.3, -0.25) is 19.6 Å². The van der Waals surface area contributed by atoms with Crippen LogP contribution >= 0.6 is 11.3 Å². The summed E-state index contributed by atoms with van der Waals surface area (Å²) in [5.41, 5.74) is 2.25. The van der Waals surface area contributed by atoms with E-state index >= 15 is 0 Å². The standard InChI is InChI=1S/C24H23N7O5S/c32-19-11-14-15(12-20(19)33)26-22(25-14)28-21(34)16-13-37-23(27-16)31-18-4-2-1-3-17(18)30(24(31)35)6-5-29-7-9-36-10-8-29/h1-4,11-13,32-33H,5-10H2,(H2,25,26,28,34). The molecule has 0 aliphatic carbocycles. The minimum Gasteiger partial charge on any atom is -0.504 e. The zero-order chi connectivity index (χ0) is 25.5. The average molecular weight is 522 g/mol. The lowest BCUT2D eigenvalue weighted by Gasteiger charge is -2.26. The zero-order valence-corrected chi connectivity index (χ0v) is 20.4. The topological polar surface area (TPSA) is 151 Å². The van der Waals surface area contributed by atoms with Crippen LogP contribution < -0.4 is 11.0 Å². The van der Waals surface area contributed by atoms with Gasteiger partial charge >= 0.3 is 5.69 Å². The molecule has 0 radical (unpaired) electrons. The Morgan fingerprint density at radius 3 is 2.65 bits per heavy atom. The smallest absolute Gasteiger partial charge is 0.335 e. The Kier molecular flexibility index (Phi) is 5.87. The number of nitrogens with zero attached hydrogens (tertiary/aromatic N) is 5. The molecular weight excluding hydrogens is 498 g/mol. The first kappa shape index (κ1) is 23.2. The normalized spacial score (nSPS) is 14.5. The molecule has 37 heavy (non-hydrogen) atoms. The number of aromatic hydroxyl groups is 2. The number of thiazole rings is 1. The molecular formula is C24H23N7O5S. The van der Waals surface area contributed by atoms with Gasteiger partial charge in [-0.2, -0.15) is 0 Å². The maximum Gasteiger partial charge on any atom is 0.335 e. The van der Waals surface area contributed by atoms with Gasteiger partial charge in [-0.1, -0.05) is 12.1 Å². The third kappa shape index (κ3) is 4.33. The maximum absolute atomic E-state index is 13.5. The molecule has 0 unspecified atom stereocenters. The van der Waals surface area contributed by atoms with E-state index < -0.39 is 5.91 Å². The van der Waals surface area contributed by atoms with Crippen molar-refractivity contribution in [1.29, 1.82) is 0 Å². The van der Waals surface area contributed by atoms with Crippen LogP contribution in [-0.4, -0.2) is 78.0 Å². The van der Waals surface area contributed by atoms with Crippen LogP contribution in [0, 0.1) is 0 Å². The summed E-state index contributed by atoms with van der Waals surface area (Å²) in [7, 11) is 0. The van der Waals surface area contributed by atoms with Crippen molar-refractivity contribution in [3.63, 3.8) is 0 Å². The summed E-state index contributed by atoms with van der Waals surface area (Å²) in [6, 6.07) is 10.1. The number of aromatic nitrogens is 5. The second kappa shape index (κ2) is 9.35. The molecule has 5 aromatic rings. The molecule has 13 heteroatoms. The van der Waals surface area contributed by atoms with Gasteiger partial charge in [0.25, 0.3) is 5.91 Å². The van der Waals surface area contributed by atoms with E-state index in [0.717, 1.165) is 25.2 Å². The lowest BCUT2D eigenvalue weighted by atomic mass is 10.3. The third-order valence-corrected chi connectivity index (χ3v) is 7.13. The summed E-state index contributed by atoms with van der Waals surface area (Å²) >= 11 is 1.19. The SMILES string of the molecule is O=C(Nc1nc2cc(O)c(O)cc2[nH]1)c1csc(-n2c(=O)n(CCN3CCOCC3)c3ccccc32)n1. The van der Waals surface area contributed by atoms with E-state index in [2.05, 4.69) is 25.2 Å². The Balaban J connectivity index is 1.27. The van der Waals surface area contributed by atoms with Crippen molar-refractivity contribution in [3.05, 3.63) is 58.0 Å². The molecule has 0 atom stereocenters. The number of phenols is 2. The molecule has 1 aliphatic rings. The number of ether oxygens (including phenoxy) is 1. The molecule has 190 valence electrons.